The molecule has 10 heteroatoms. The van der Waals surface area contributed by atoms with Crippen molar-refractivity contribution in [2.75, 3.05) is 0 Å². The zero-order valence-electron chi connectivity index (χ0n) is 24.7. The summed E-state index contributed by atoms with van der Waals surface area (Å²) in [7, 11) is 0. The van der Waals surface area contributed by atoms with Gasteiger partial charge in [0, 0.05) is 18.3 Å². The van der Waals surface area contributed by atoms with Crippen LogP contribution >= 0.6 is 0 Å². The molecule has 214 valence electrons. The maximum absolute atomic E-state index is 13.7. The first kappa shape index (κ1) is 37.3. The zero-order valence-corrected chi connectivity index (χ0v) is 26.7. The number of rotatable bonds is 9. The predicted molar refractivity (Wildman–Crippen MR) is 144 cm³/mol. The molecule has 0 atom stereocenters. The third-order valence-corrected chi connectivity index (χ3v) is 5.99. The quantitative estimate of drug-likeness (QED) is 0.275. The number of aromatic carboxylic acids is 2. The van der Waals surface area contributed by atoms with Gasteiger partial charge in [-0.05, 0) is 52.8 Å². The second-order valence-electron chi connectivity index (χ2n) is 10.5. The van der Waals surface area contributed by atoms with E-state index in [1.807, 2.05) is 55.4 Å². The van der Waals surface area contributed by atoms with Crippen LogP contribution in [0.25, 0.3) is 0 Å². The van der Waals surface area contributed by atoms with Crippen LogP contribution in [0.2, 0.25) is 0 Å². The van der Waals surface area contributed by atoms with Crippen molar-refractivity contribution in [1.82, 2.24) is 0 Å². The Morgan fingerprint density at radius 1 is 0.725 bits per heavy atom. The van der Waals surface area contributed by atoms with E-state index in [4.69, 9.17) is 19.0 Å². The van der Waals surface area contributed by atoms with Crippen LogP contribution in [0, 0.1) is 5.82 Å². The molecule has 2 aromatic heterocycles. The fraction of sp³-hybridized carbons (Fsp3) is 0.433. The van der Waals surface area contributed by atoms with Gasteiger partial charge in [-0.3, -0.25) is 4.79 Å². The third-order valence-electron chi connectivity index (χ3n) is 5.99. The second kappa shape index (κ2) is 15.9. The van der Waals surface area contributed by atoms with Gasteiger partial charge < -0.3 is 24.5 Å². The van der Waals surface area contributed by atoms with Gasteiger partial charge in [-0.2, -0.15) is 0 Å². The van der Waals surface area contributed by atoms with E-state index in [-0.39, 0.29) is 76.5 Å². The summed E-state index contributed by atoms with van der Waals surface area (Å²) in [5, 5.41) is 17.6. The summed E-state index contributed by atoms with van der Waals surface area (Å²) in [5.41, 5.74) is 2.00. The van der Waals surface area contributed by atoms with Crippen LogP contribution in [0.1, 0.15) is 139 Å². The Labute approximate surface area is 256 Å². The number of Topliss-reactive ketones (excluding diaryl/α,β-unsaturated/α-hetero) is 1. The summed E-state index contributed by atoms with van der Waals surface area (Å²) in [4.78, 5) is 34.0. The Balaban J connectivity index is 0.000000819. The van der Waals surface area contributed by atoms with E-state index in [1.54, 1.807) is 12.1 Å². The summed E-state index contributed by atoms with van der Waals surface area (Å²) >= 11 is 0. The monoisotopic (exact) mass is 568 g/mol. The van der Waals surface area contributed by atoms with Crippen LogP contribution in [0.15, 0.2) is 39.2 Å². The molecular formula is C30H38FNaO8. The topological polar surface area (TPSA) is 148 Å². The molecule has 0 spiro atoms. The number of hydrogen-bond acceptors (Lipinski definition) is 6. The first-order chi connectivity index (χ1) is 17.6. The number of carboxylic acid groups (broad SMARTS) is 2. The van der Waals surface area contributed by atoms with Gasteiger partial charge in [0.25, 0.3) is 0 Å². The summed E-state index contributed by atoms with van der Waals surface area (Å²) in [6, 6.07) is 7.07. The molecule has 0 fully saturated rings. The van der Waals surface area contributed by atoms with Crippen molar-refractivity contribution in [3.63, 3.8) is 0 Å². The van der Waals surface area contributed by atoms with Crippen LogP contribution < -0.4 is 29.6 Å². The number of carbonyl (C=O) groups is 3. The molecule has 0 saturated carbocycles. The average Bonchev–Trinajstić information content (AvgIpc) is 3.45. The van der Waals surface area contributed by atoms with Gasteiger partial charge in [-0.25, -0.2) is 14.0 Å². The normalized spacial score (nSPS) is 10.7. The zero-order chi connectivity index (χ0) is 28.9. The van der Waals surface area contributed by atoms with Gasteiger partial charge in [0.05, 0.1) is 5.56 Å². The van der Waals surface area contributed by atoms with E-state index in [0.717, 1.165) is 28.7 Å². The molecule has 0 aliphatic carbocycles. The number of hydrogen-bond donors (Lipinski definition) is 2. The summed E-state index contributed by atoms with van der Waals surface area (Å²) < 4.78 is 24.7. The summed E-state index contributed by atoms with van der Waals surface area (Å²) in [6.45, 7) is 16.1. The van der Waals surface area contributed by atoms with Crippen molar-refractivity contribution in [3.8, 4) is 0 Å². The van der Waals surface area contributed by atoms with Crippen molar-refractivity contribution in [2.24, 2.45) is 0 Å². The third kappa shape index (κ3) is 9.44. The minimum atomic E-state index is -1.33. The SMILES string of the molecule is CC(C)c1cc(C(=O)Cc2ccc(C(=O)O)c(F)c2)oc1C(C)C.CC(C)c1cc(C(=O)O)oc1C(C)C.[Na+].[OH-]. The number of furan rings is 2. The standard InChI is InChI=1S/C19H21FO4.C11H16O3.Na.H2O/c1-10(2)14-9-17(24-18(14)11(3)4)16(21)8-12-5-6-13(19(22)23)15(20)7-12;1-6(2)8-5-9(11(12)13)14-10(8)7(3)4;;/h5-7,9-11H,8H2,1-4H3,(H,22,23);5-7H,1-4H3,(H,12,13);;1H2/q;;+1;/p-1. The molecule has 40 heavy (non-hydrogen) atoms. The molecule has 0 saturated heterocycles. The smallest absolute Gasteiger partial charge is 0.870 e. The molecule has 3 aromatic rings. The molecular weight excluding hydrogens is 530 g/mol. The number of halogens is 1. The second-order valence-corrected chi connectivity index (χ2v) is 10.5. The number of ketones is 1. The Morgan fingerprint density at radius 3 is 1.52 bits per heavy atom. The van der Waals surface area contributed by atoms with Crippen LogP contribution in [-0.4, -0.2) is 33.4 Å². The van der Waals surface area contributed by atoms with E-state index in [2.05, 4.69) is 0 Å². The minimum absolute atomic E-state index is 0. The molecule has 0 aliphatic rings. The van der Waals surface area contributed by atoms with E-state index >= 15 is 0 Å². The number of carbonyl (C=O) groups excluding carboxylic acids is 1. The number of carboxylic acids is 2. The molecule has 2 heterocycles. The fourth-order valence-corrected chi connectivity index (χ4v) is 4.00. The Kier molecular flexibility index (Phi) is 14.8. The van der Waals surface area contributed by atoms with Gasteiger partial charge in [-0.1, -0.05) is 61.5 Å². The maximum atomic E-state index is 13.7. The fourth-order valence-electron chi connectivity index (χ4n) is 4.00. The van der Waals surface area contributed by atoms with Gasteiger partial charge in [0.15, 0.2) is 5.76 Å². The van der Waals surface area contributed by atoms with E-state index in [1.165, 1.54) is 12.1 Å². The maximum Gasteiger partial charge on any atom is 1.00 e. The number of benzene rings is 1. The summed E-state index contributed by atoms with van der Waals surface area (Å²) in [6.07, 6.45) is -0.0423. The Morgan fingerprint density at radius 2 is 1.18 bits per heavy atom. The van der Waals surface area contributed by atoms with Crippen LogP contribution in [-0.2, 0) is 6.42 Å². The van der Waals surface area contributed by atoms with Crippen LogP contribution in [0.5, 0.6) is 0 Å². The molecule has 0 amide bonds. The molecule has 1 aromatic carbocycles. The van der Waals surface area contributed by atoms with Crippen LogP contribution in [0.4, 0.5) is 4.39 Å². The van der Waals surface area contributed by atoms with E-state index in [9.17, 15) is 18.8 Å². The van der Waals surface area contributed by atoms with Gasteiger partial charge in [0.1, 0.15) is 17.3 Å². The predicted octanol–water partition coefficient (Wildman–Crippen LogP) is 4.84. The molecule has 0 bridgehead atoms. The van der Waals surface area contributed by atoms with Crippen molar-refractivity contribution in [1.29, 1.82) is 0 Å². The van der Waals surface area contributed by atoms with Crippen molar-refractivity contribution >= 4 is 17.7 Å². The molecule has 0 aliphatic heterocycles. The Hall–Kier alpha value is -2.72. The molecule has 0 unspecified atom stereocenters. The van der Waals surface area contributed by atoms with Crippen LogP contribution in [0.3, 0.4) is 0 Å². The van der Waals surface area contributed by atoms with Gasteiger partial charge in [0.2, 0.25) is 11.5 Å². The van der Waals surface area contributed by atoms with Gasteiger partial charge >= 0.3 is 41.5 Å². The summed E-state index contributed by atoms with van der Waals surface area (Å²) in [5.74, 6) is -0.649. The first-order valence-corrected chi connectivity index (χ1v) is 12.7. The van der Waals surface area contributed by atoms with Crippen molar-refractivity contribution in [2.45, 2.75) is 85.5 Å². The molecule has 3 rings (SSSR count). The minimum Gasteiger partial charge on any atom is -0.870 e. The van der Waals surface area contributed by atoms with E-state index < -0.39 is 23.3 Å². The molecule has 8 nitrogen and oxygen atoms in total. The Bertz CT molecular complexity index is 1250. The average molecular weight is 569 g/mol. The first-order valence-electron chi connectivity index (χ1n) is 12.7. The molecule has 3 N–H and O–H groups in total. The van der Waals surface area contributed by atoms with E-state index in [0.29, 0.717) is 11.5 Å². The van der Waals surface area contributed by atoms with Crippen molar-refractivity contribution in [3.05, 3.63) is 81.4 Å². The van der Waals surface area contributed by atoms with Gasteiger partial charge in [-0.15, -0.1) is 0 Å². The molecule has 0 radical (unpaired) electrons. The largest absolute Gasteiger partial charge is 1.00 e. The van der Waals surface area contributed by atoms with Crippen molar-refractivity contribution < 1.29 is 72.9 Å².